The molecule has 3 heteroatoms. The summed E-state index contributed by atoms with van der Waals surface area (Å²) >= 11 is 0. The molecule has 3 nitrogen and oxygen atoms in total. The highest BCUT2D eigenvalue weighted by atomic mass is 16.5. The van der Waals surface area contributed by atoms with Crippen molar-refractivity contribution in [1.29, 1.82) is 0 Å². The first-order chi connectivity index (χ1) is 8.27. The molecule has 2 aromatic rings. The van der Waals surface area contributed by atoms with Crippen LogP contribution in [0, 0.1) is 6.07 Å². The van der Waals surface area contributed by atoms with Crippen LogP contribution >= 0.6 is 0 Å². The minimum absolute atomic E-state index is 0.504. The average Bonchev–Trinajstić information content (AvgIpc) is 2.38. The van der Waals surface area contributed by atoms with Crippen LogP contribution < -0.4 is 4.74 Å². The molecule has 0 aliphatic rings. The number of carboxylic acid groups (broad SMARTS) is 1. The summed E-state index contributed by atoms with van der Waals surface area (Å²) in [7, 11) is 0. The summed E-state index contributed by atoms with van der Waals surface area (Å²) < 4.78 is 5.43. The summed E-state index contributed by atoms with van der Waals surface area (Å²) in [4.78, 5) is 11.2. The van der Waals surface area contributed by atoms with Crippen LogP contribution in [0.25, 0.3) is 0 Å². The molecule has 1 atom stereocenters. The van der Waals surface area contributed by atoms with Crippen molar-refractivity contribution >= 4 is 5.97 Å². The highest BCUT2D eigenvalue weighted by molar-refractivity contribution is 5.74. The number of benzene rings is 2. The van der Waals surface area contributed by atoms with Gasteiger partial charge in [-0.1, -0.05) is 42.5 Å². The van der Waals surface area contributed by atoms with E-state index in [-0.39, 0.29) is 0 Å². The van der Waals surface area contributed by atoms with Crippen LogP contribution in [0.3, 0.4) is 0 Å². The van der Waals surface area contributed by atoms with Gasteiger partial charge in [0, 0.05) is 5.56 Å². The smallest absolute Gasteiger partial charge is 0.349 e. The molecule has 17 heavy (non-hydrogen) atoms. The largest absolute Gasteiger partial charge is 0.478 e. The van der Waals surface area contributed by atoms with Gasteiger partial charge in [0.05, 0.1) is 0 Å². The fraction of sp³-hybridized carbons (Fsp3) is 0.0714. The van der Waals surface area contributed by atoms with E-state index in [0.29, 0.717) is 11.3 Å². The molecule has 2 aromatic carbocycles. The molecule has 0 spiro atoms. The molecule has 1 unspecified atom stereocenters. The van der Waals surface area contributed by atoms with Crippen LogP contribution in [-0.2, 0) is 4.79 Å². The van der Waals surface area contributed by atoms with Crippen LogP contribution in [-0.4, -0.2) is 11.1 Å². The molecule has 0 fully saturated rings. The molecular weight excluding hydrogens is 216 g/mol. The van der Waals surface area contributed by atoms with Gasteiger partial charge in [-0.05, 0) is 18.2 Å². The van der Waals surface area contributed by atoms with Gasteiger partial charge in [0.1, 0.15) is 5.75 Å². The van der Waals surface area contributed by atoms with Crippen molar-refractivity contribution in [2.24, 2.45) is 0 Å². The lowest BCUT2D eigenvalue weighted by Gasteiger charge is -2.14. The summed E-state index contributed by atoms with van der Waals surface area (Å²) in [6, 6.07) is 18.6. The predicted molar refractivity (Wildman–Crippen MR) is 62.7 cm³/mol. The van der Waals surface area contributed by atoms with E-state index in [9.17, 15) is 4.79 Å². The van der Waals surface area contributed by atoms with Crippen LogP contribution in [0.15, 0.2) is 54.6 Å². The van der Waals surface area contributed by atoms with Gasteiger partial charge in [-0.3, -0.25) is 0 Å². The van der Waals surface area contributed by atoms with Crippen molar-refractivity contribution in [2.75, 3.05) is 0 Å². The molecule has 0 aliphatic carbocycles. The Balaban J connectivity index is 2.23. The van der Waals surface area contributed by atoms with Crippen LogP contribution in [0.4, 0.5) is 0 Å². The Morgan fingerprint density at radius 1 is 1.12 bits per heavy atom. The maximum absolute atomic E-state index is 11.2. The predicted octanol–water partition coefficient (Wildman–Crippen LogP) is 2.69. The third kappa shape index (κ3) is 2.84. The number of carboxylic acids is 1. The van der Waals surface area contributed by atoms with Gasteiger partial charge in [0.25, 0.3) is 0 Å². The molecule has 0 aliphatic heterocycles. The van der Waals surface area contributed by atoms with Crippen LogP contribution in [0.1, 0.15) is 11.7 Å². The van der Waals surface area contributed by atoms with Crippen molar-refractivity contribution in [3.63, 3.8) is 0 Å². The fourth-order valence-corrected chi connectivity index (χ4v) is 1.45. The third-order valence-electron chi connectivity index (χ3n) is 2.24. The lowest BCUT2D eigenvalue weighted by molar-refractivity contribution is -0.145. The standard InChI is InChI=1S/C14H11O3/c15-14(16)13(11-7-3-1-4-8-11)17-12-9-5-2-6-10-12/h1-7,9-10,13H,(H,15,16). The Morgan fingerprint density at radius 2 is 1.82 bits per heavy atom. The van der Waals surface area contributed by atoms with E-state index < -0.39 is 12.1 Å². The maximum Gasteiger partial charge on any atom is 0.349 e. The second kappa shape index (κ2) is 5.16. The zero-order valence-corrected chi connectivity index (χ0v) is 9.04. The van der Waals surface area contributed by atoms with Gasteiger partial charge in [-0.25, -0.2) is 4.79 Å². The zero-order chi connectivity index (χ0) is 12.1. The van der Waals surface area contributed by atoms with Gasteiger partial charge < -0.3 is 9.84 Å². The number of carbonyl (C=O) groups is 1. The van der Waals surface area contributed by atoms with Crippen molar-refractivity contribution < 1.29 is 14.6 Å². The second-order valence-electron chi connectivity index (χ2n) is 3.47. The minimum Gasteiger partial charge on any atom is -0.478 e. The van der Waals surface area contributed by atoms with Gasteiger partial charge in [-0.2, -0.15) is 0 Å². The summed E-state index contributed by atoms with van der Waals surface area (Å²) in [5.74, 6) is -0.506. The molecule has 0 bridgehead atoms. The molecule has 2 rings (SSSR count). The topological polar surface area (TPSA) is 46.5 Å². The first kappa shape index (κ1) is 11.2. The van der Waals surface area contributed by atoms with E-state index in [1.165, 1.54) is 0 Å². The fourth-order valence-electron chi connectivity index (χ4n) is 1.45. The number of hydrogen-bond donors (Lipinski definition) is 1. The van der Waals surface area contributed by atoms with E-state index in [0.717, 1.165) is 0 Å². The quantitative estimate of drug-likeness (QED) is 0.873. The van der Waals surface area contributed by atoms with E-state index >= 15 is 0 Å². The summed E-state index contributed by atoms with van der Waals surface area (Å²) in [5, 5.41) is 9.14. The van der Waals surface area contributed by atoms with Gasteiger partial charge in [-0.15, -0.1) is 0 Å². The molecule has 1 radical (unpaired) electrons. The molecule has 1 N–H and O–H groups in total. The second-order valence-corrected chi connectivity index (χ2v) is 3.47. The minimum atomic E-state index is -1.03. The number of ether oxygens (including phenoxy) is 1. The average molecular weight is 227 g/mol. The van der Waals surface area contributed by atoms with E-state index in [1.54, 1.807) is 48.5 Å². The summed E-state index contributed by atoms with van der Waals surface area (Å²) in [6.07, 6.45) is -1.03. The van der Waals surface area contributed by atoms with Crippen molar-refractivity contribution in [2.45, 2.75) is 6.10 Å². The highest BCUT2D eigenvalue weighted by Crippen LogP contribution is 2.21. The molecule has 0 aromatic heterocycles. The van der Waals surface area contributed by atoms with Gasteiger partial charge in [0.15, 0.2) is 0 Å². The molecule has 85 valence electrons. The number of para-hydroxylation sites is 1. The SMILES string of the molecule is O=C(O)C(Oc1ccccc1)c1[c]cccc1. The van der Waals surface area contributed by atoms with Gasteiger partial charge >= 0.3 is 5.97 Å². The summed E-state index contributed by atoms with van der Waals surface area (Å²) in [6.45, 7) is 0. The molecule has 0 heterocycles. The lowest BCUT2D eigenvalue weighted by atomic mass is 10.1. The first-order valence-corrected chi connectivity index (χ1v) is 5.18. The highest BCUT2D eigenvalue weighted by Gasteiger charge is 2.21. The maximum atomic E-state index is 11.2. The molecule has 0 saturated heterocycles. The van der Waals surface area contributed by atoms with Crippen molar-refractivity contribution in [1.82, 2.24) is 0 Å². The molecular formula is C14H11O3. The zero-order valence-electron chi connectivity index (χ0n) is 9.04. The molecule has 0 saturated carbocycles. The summed E-state index contributed by atoms with van der Waals surface area (Å²) in [5.41, 5.74) is 0.504. The third-order valence-corrected chi connectivity index (χ3v) is 2.24. The van der Waals surface area contributed by atoms with E-state index in [4.69, 9.17) is 9.84 Å². The number of hydrogen-bond acceptors (Lipinski definition) is 2. The Labute approximate surface area is 99.3 Å². The van der Waals surface area contributed by atoms with E-state index in [2.05, 4.69) is 6.07 Å². The Bertz CT molecular complexity index is 479. The normalized spacial score (nSPS) is 11.8. The number of aliphatic carboxylic acids is 1. The van der Waals surface area contributed by atoms with Crippen molar-refractivity contribution in [3.8, 4) is 5.75 Å². The van der Waals surface area contributed by atoms with Crippen LogP contribution in [0.5, 0.6) is 5.75 Å². The van der Waals surface area contributed by atoms with Crippen LogP contribution in [0.2, 0.25) is 0 Å². The van der Waals surface area contributed by atoms with E-state index in [1.807, 2.05) is 6.07 Å². The Kier molecular flexibility index (Phi) is 3.40. The Hall–Kier alpha value is -2.29. The monoisotopic (exact) mass is 227 g/mol. The van der Waals surface area contributed by atoms with Gasteiger partial charge in [0.2, 0.25) is 6.10 Å². The molecule has 0 amide bonds. The number of rotatable bonds is 4. The first-order valence-electron chi connectivity index (χ1n) is 5.18. The lowest BCUT2D eigenvalue weighted by Crippen LogP contribution is -2.18. The van der Waals surface area contributed by atoms with Crippen molar-refractivity contribution in [3.05, 3.63) is 66.2 Å². The Morgan fingerprint density at radius 3 is 2.41 bits per heavy atom.